The minimum Gasteiger partial charge on any atom is -0.493 e. The molecule has 3 aromatic rings. The van der Waals surface area contributed by atoms with Gasteiger partial charge in [-0.1, -0.05) is 11.8 Å². The summed E-state index contributed by atoms with van der Waals surface area (Å²) in [5.74, 6) is 1.17. The number of aromatic nitrogens is 3. The van der Waals surface area contributed by atoms with Crippen molar-refractivity contribution in [3.63, 3.8) is 0 Å². The van der Waals surface area contributed by atoms with Gasteiger partial charge in [0, 0.05) is 10.6 Å². The van der Waals surface area contributed by atoms with Crippen LogP contribution in [0.5, 0.6) is 11.5 Å². The zero-order valence-electron chi connectivity index (χ0n) is 16.3. The van der Waals surface area contributed by atoms with Crippen LogP contribution in [0.2, 0.25) is 0 Å². The van der Waals surface area contributed by atoms with Gasteiger partial charge in [0.1, 0.15) is 16.9 Å². The van der Waals surface area contributed by atoms with Gasteiger partial charge in [-0.2, -0.15) is 0 Å². The van der Waals surface area contributed by atoms with Gasteiger partial charge in [0.25, 0.3) is 0 Å². The summed E-state index contributed by atoms with van der Waals surface area (Å²) in [7, 11) is 3.01. The number of ether oxygens (including phenoxy) is 2. The van der Waals surface area contributed by atoms with Gasteiger partial charge in [-0.3, -0.25) is 14.7 Å². The highest BCUT2D eigenvalue weighted by atomic mass is 79.9. The lowest BCUT2D eigenvalue weighted by Crippen LogP contribution is -2.11. The molecule has 1 heterocycles. The first-order valence-electron chi connectivity index (χ1n) is 8.71. The van der Waals surface area contributed by atoms with Crippen molar-refractivity contribution in [3.8, 4) is 17.2 Å². The molecule has 0 spiro atoms. The number of rotatable bonds is 8. The van der Waals surface area contributed by atoms with Crippen LogP contribution >= 0.6 is 27.7 Å². The van der Waals surface area contributed by atoms with Crippen LogP contribution in [0.1, 0.15) is 16.6 Å². The Balaban J connectivity index is 2.03. The van der Waals surface area contributed by atoms with E-state index in [-0.39, 0.29) is 17.3 Å². The van der Waals surface area contributed by atoms with Gasteiger partial charge < -0.3 is 9.47 Å². The van der Waals surface area contributed by atoms with Crippen molar-refractivity contribution >= 4 is 27.7 Å². The Bertz CT molecular complexity index is 1060. The molecule has 0 aliphatic rings. The monoisotopic (exact) mass is 496 g/mol. The van der Waals surface area contributed by atoms with Crippen LogP contribution in [0.4, 0.5) is 4.39 Å². The van der Waals surface area contributed by atoms with E-state index >= 15 is 0 Å². The molecule has 30 heavy (non-hydrogen) atoms. The van der Waals surface area contributed by atoms with Gasteiger partial charge in [0.2, 0.25) is 6.54 Å². The zero-order chi connectivity index (χ0) is 21.8. The molecule has 0 fully saturated rings. The van der Waals surface area contributed by atoms with Crippen molar-refractivity contribution in [3.05, 3.63) is 68.2 Å². The third-order valence-electron chi connectivity index (χ3n) is 4.27. The summed E-state index contributed by atoms with van der Waals surface area (Å²) in [6.07, 6.45) is 0. The van der Waals surface area contributed by atoms with Crippen molar-refractivity contribution in [2.45, 2.75) is 17.3 Å². The molecule has 0 saturated heterocycles. The van der Waals surface area contributed by atoms with Crippen LogP contribution in [0, 0.1) is 22.9 Å². The Hall–Kier alpha value is -2.66. The van der Waals surface area contributed by atoms with Crippen LogP contribution < -0.4 is 9.47 Å². The van der Waals surface area contributed by atoms with Crippen molar-refractivity contribution < 1.29 is 18.8 Å². The highest BCUT2D eigenvalue weighted by Gasteiger charge is 2.26. The number of methoxy groups -OCH3 is 2. The number of benzene rings is 2. The van der Waals surface area contributed by atoms with Crippen molar-refractivity contribution in [1.29, 1.82) is 0 Å². The van der Waals surface area contributed by atoms with Gasteiger partial charge >= 0.3 is 0 Å². The summed E-state index contributed by atoms with van der Waals surface area (Å²) < 4.78 is 26.4. The molecule has 0 unspecified atom stereocenters. The summed E-state index contributed by atoms with van der Waals surface area (Å²) in [4.78, 5) is 11.0. The molecule has 0 amide bonds. The van der Waals surface area contributed by atoms with Gasteiger partial charge in [0.15, 0.2) is 16.7 Å². The third kappa shape index (κ3) is 4.73. The maximum absolute atomic E-state index is 13.3. The van der Waals surface area contributed by atoms with Crippen LogP contribution in [-0.2, 0) is 0 Å². The number of nitrogens with zero attached hydrogens (tertiary/aromatic N) is 4. The smallest absolute Gasteiger partial charge is 0.220 e. The third-order valence-corrected chi connectivity index (χ3v) is 6.04. The minimum atomic E-state index is -0.584. The summed E-state index contributed by atoms with van der Waals surface area (Å²) in [5, 5.41) is 19.5. The maximum Gasteiger partial charge on any atom is 0.220 e. The van der Waals surface area contributed by atoms with E-state index in [0.717, 1.165) is 0 Å². The van der Waals surface area contributed by atoms with Crippen LogP contribution in [0.15, 0.2) is 46.0 Å². The maximum atomic E-state index is 13.3. The van der Waals surface area contributed by atoms with Gasteiger partial charge in [-0.05, 0) is 64.8 Å². The number of thioether (sulfide) groups is 1. The second kappa shape index (κ2) is 9.43. The summed E-state index contributed by atoms with van der Waals surface area (Å²) in [6, 6.07) is 9.34. The second-order valence-corrected chi connectivity index (χ2v) is 8.23. The first kappa shape index (κ1) is 22.0. The number of hydrogen-bond donors (Lipinski definition) is 0. The SMILES string of the molecule is COc1cc([C@H](C[N+](=O)[O-])Sc2nnc(C)n2-c2ccc(F)cc2)cc(Br)c1OC. The average molecular weight is 497 g/mol. The summed E-state index contributed by atoms with van der Waals surface area (Å²) >= 11 is 4.62. The quantitative estimate of drug-likeness (QED) is 0.255. The van der Waals surface area contributed by atoms with E-state index in [9.17, 15) is 14.5 Å². The summed E-state index contributed by atoms with van der Waals surface area (Å²) in [5.41, 5.74) is 1.32. The predicted molar refractivity (Wildman–Crippen MR) is 114 cm³/mol. The molecular weight excluding hydrogens is 479 g/mol. The highest BCUT2D eigenvalue weighted by Crippen LogP contribution is 2.42. The highest BCUT2D eigenvalue weighted by molar-refractivity contribution is 9.10. The Labute approximate surface area is 184 Å². The lowest BCUT2D eigenvalue weighted by molar-refractivity contribution is -0.479. The molecule has 2 aromatic carbocycles. The van der Waals surface area contributed by atoms with Crippen LogP contribution in [0.3, 0.4) is 0 Å². The Morgan fingerprint density at radius 1 is 1.23 bits per heavy atom. The first-order chi connectivity index (χ1) is 14.3. The first-order valence-corrected chi connectivity index (χ1v) is 10.4. The molecule has 3 rings (SSSR count). The number of hydrogen-bond acceptors (Lipinski definition) is 7. The van der Waals surface area contributed by atoms with Crippen LogP contribution in [-0.4, -0.2) is 40.5 Å². The number of halogens is 2. The van der Waals surface area contributed by atoms with E-state index in [2.05, 4.69) is 26.1 Å². The van der Waals surface area contributed by atoms with E-state index in [1.54, 1.807) is 35.8 Å². The molecule has 8 nitrogen and oxygen atoms in total. The lowest BCUT2D eigenvalue weighted by Gasteiger charge is -2.17. The molecule has 0 bridgehead atoms. The largest absolute Gasteiger partial charge is 0.493 e. The number of nitro groups is 1. The average Bonchev–Trinajstić information content (AvgIpc) is 3.07. The van der Waals surface area contributed by atoms with Gasteiger partial charge in [-0.25, -0.2) is 4.39 Å². The van der Waals surface area contributed by atoms with Crippen molar-refractivity contribution in [1.82, 2.24) is 14.8 Å². The zero-order valence-corrected chi connectivity index (χ0v) is 18.7. The Morgan fingerprint density at radius 3 is 2.53 bits per heavy atom. The van der Waals surface area contributed by atoms with Gasteiger partial charge in [0.05, 0.1) is 18.7 Å². The normalized spacial score (nSPS) is 11.9. The fraction of sp³-hybridized carbons (Fsp3) is 0.263. The van der Waals surface area contributed by atoms with Crippen molar-refractivity contribution in [2.75, 3.05) is 20.8 Å². The van der Waals surface area contributed by atoms with Crippen molar-refractivity contribution in [2.24, 2.45) is 0 Å². The minimum absolute atomic E-state index is 0.345. The molecule has 158 valence electrons. The van der Waals surface area contributed by atoms with E-state index in [1.807, 2.05) is 0 Å². The topological polar surface area (TPSA) is 92.3 Å². The molecule has 11 heteroatoms. The Morgan fingerprint density at radius 2 is 1.93 bits per heavy atom. The molecular formula is C19H18BrFN4O4S. The fourth-order valence-corrected chi connectivity index (χ4v) is 4.68. The standard InChI is InChI=1S/C19H18BrFN4O4S/c1-11-22-23-19(25(11)14-6-4-13(21)5-7-14)30-17(10-24(26)27)12-8-15(20)18(29-3)16(9-12)28-2/h4-9,17H,10H2,1-3H3/t17-/m0/s1. The molecule has 1 atom stereocenters. The molecule has 0 aliphatic carbocycles. The van der Waals surface area contributed by atoms with Gasteiger partial charge in [-0.15, -0.1) is 10.2 Å². The molecule has 0 aliphatic heterocycles. The molecule has 0 radical (unpaired) electrons. The summed E-state index contributed by atoms with van der Waals surface area (Å²) in [6.45, 7) is 1.41. The fourth-order valence-electron chi connectivity index (χ4n) is 2.90. The lowest BCUT2D eigenvalue weighted by atomic mass is 10.1. The molecule has 1 aromatic heterocycles. The van der Waals surface area contributed by atoms with E-state index < -0.39 is 5.25 Å². The van der Waals surface area contributed by atoms with E-state index in [1.165, 1.54) is 38.1 Å². The molecule has 0 saturated carbocycles. The Kier molecular flexibility index (Phi) is 6.93. The molecule has 0 N–H and O–H groups in total. The predicted octanol–water partition coefficient (Wildman–Crippen LogP) is 4.60. The second-order valence-electron chi connectivity index (χ2n) is 6.20. The number of aryl methyl sites for hydroxylation is 1. The van der Waals surface area contributed by atoms with E-state index in [4.69, 9.17) is 9.47 Å². The van der Waals surface area contributed by atoms with E-state index in [0.29, 0.717) is 38.2 Å². The van der Waals surface area contributed by atoms with Crippen LogP contribution in [0.25, 0.3) is 5.69 Å².